The minimum atomic E-state index is -1.17. The molecule has 0 bridgehead atoms. The smallest absolute Gasteiger partial charge is 0.131 e. The van der Waals surface area contributed by atoms with Crippen LogP contribution in [0.15, 0.2) is 0 Å². The molecule has 0 radical (unpaired) electrons. The maximum atomic E-state index is 12.4. The first-order chi connectivity index (χ1) is 7.24. The molecule has 0 aromatic carbocycles. The van der Waals surface area contributed by atoms with E-state index in [1.807, 2.05) is 48.5 Å². The molecule has 1 rings (SSSR count). The summed E-state index contributed by atoms with van der Waals surface area (Å²) in [5.41, 5.74) is 0. The van der Waals surface area contributed by atoms with Gasteiger partial charge in [0.25, 0.3) is 0 Å². The van der Waals surface area contributed by atoms with Gasteiger partial charge in [0.1, 0.15) is 12.3 Å². The lowest BCUT2D eigenvalue weighted by atomic mass is 10.1. The quantitative estimate of drug-likeness (QED) is 0.547. The van der Waals surface area contributed by atoms with Gasteiger partial charge in [0, 0.05) is 0 Å². The second-order valence-corrected chi connectivity index (χ2v) is 2.78. The van der Waals surface area contributed by atoms with Crippen LogP contribution in [0.1, 0.15) is 67.7 Å². The predicted molar refractivity (Wildman–Crippen MR) is 66.9 cm³/mol. The molecule has 0 N–H and O–H groups in total. The van der Waals surface area contributed by atoms with E-state index in [-0.39, 0.29) is 0 Å². The standard InChI is InChI=1S/C7H12F2.3C2H6/c1-2-5-3-6(8)7(9)4-5;3*1-2/h5-7H,2-4H2,1H3;3*1-2H3. The van der Waals surface area contributed by atoms with Crippen LogP contribution < -0.4 is 0 Å². The summed E-state index contributed by atoms with van der Waals surface area (Å²) in [4.78, 5) is 0. The van der Waals surface area contributed by atoms with Crippen molar-refractivity contribution in [3.05, 3.63) is 0 Å². The molecule has 2 unspecified atom stereocenters. The Morgan fingerprint density at radius 1 is 0.800 bits per heavy atom. The van der Waals surface area contributed by atoms with Crippen molar-refractivity contribution in [3.8, 4) is 0 Å². The number of hydrogen-bond acceptors (Lipinski definition) is 0. The van der Waals surface area contributed by atoms with Gasteiger partial charge >= 0.3 is 0 Å². The third-order valence-corrected chi connectivity index (χ3v) is 2.09. The van der Waals surface area contributed by atoms with Crippen LogP contribution in [0.2, 0.25) is 0 Å². The molecule has 0 amide bonds. The molecule has 0 saturated heterocycles. The molecular formula is C13H30F2. The average Bonchev–Trinajstić information content (AvgIpc) is 2.67. The Bertz CT molecular complexity index is 84.5. The van der Waals surface area contributed by atoms with E-state index in [9.17, 15) is 8.78 Å². The van der Waals surface area contributed by atoms with Crippen LogP contribution in [-0.2, 0) is 0 Å². The SMILES string of the molecule is CC.CC.CC.CCC1CC(F)C(F)C1. The van der Waals surface area contributed by atoms with Crippen molar-refractivity contribution in [1.29, 1.82) is 0 Å². The van der Waals surface area contributed by atoms with Crippen molar-refractivity contribution in [1.82, 2.24) is 0 Å². The van der Waals surface area contributed by atoms with Crippen molar-refractivity contribution >= 4 is 0 Å². The van der Waals surface area contributed by atoms with Gasteiger partial charge in [-0.2, -0.15) is 0 Å². The molecule has 1 fully saturated rings. The van der Waals surface area contributed by atoms with E-state index < -0.39 is 12.3 Å². The van der Waals surface area contributed by atoms with Crippen LogP contribution in [0.5, 0.6) is 0 Å². The topological polar surface area (TPSA) is 0 Å². The van der Waals surface area contributed by atoms with E-state index in [0.717, 1.165) is 6.42 Å². The minimum Gasteiger partial charge on any atom is -0.244 e. The number of hydrogen-bond donors (Lipinski definition) is 0. The highest BCUT2D eigenvalue weighted by Crippen LogP contribution is 2.32. The Morgan fingerprint density at radius 2 is 1.07 bits per heavy atom. The molecule has 2 atom stereocenters. The van der Waals surface area contributed by atoms with Gasteiger partial charge in [-0.15, -0.1) is 0 Å². The van der Waals surface area contributed by atoms with E-state index in [2.05, 4.69) is 0 Å². The van der Waals surface area contributed by atoms with Gasteiger partial charge < -0.3 is 0 Å². The van der Waals surface area contributed by atoms with Crippen molar-refractivity contribution in [3.63, 3.8) is 0 Å². The van der Waals surface area contributed by atoms with Crippen LogP contribution in [0.3, 0.4) is 0 Å². The zero-order valence-corrected chi connectivity index (χ0v) is 11.6. The molecule has 0 spiro atoms. The lowest BCUT2D eigenvalue weighted by Crippen LogP contribution is -2.06. The first-order valence-electron chi connectivity index (χ1n) is 6.52. The third kappa shape index (κ3) is 10.1. The molecule has 0 aliphatic heterocycles. The second-order valence-electron chi connectivity index (χ2n) is 2.78. The van der Waals surface area contributed by atoms with Gasteiger partial charge in [0.05, 0.1) is 0 Å². The summed E-state index contributed by atoms with van der Waals surface area (Å²) >= 11 is 0. The summed E-state index contributed by atoms with van der Waals surface area (Å²) in [6.07, 6.45) is -0.541. The molecule has 15 heavy (non-hydrogen) atoms. The highest BCUT2D eigenvalue weighted by atomic mass is 19.2. The summed E-state index contributed by atoms with van der Waals surface area (Å²) in [6.45, 7) is 14.0. The molecule has 0 aromatic heterocycles. The largest absolute Gasteiger partial charge is 0.244 e. The Kier molecular flexibility index (Phi) is 22.0. The molecule has 0 nitrogen and oxygen atoms in total. The van der Waals surface area contributed by atoms with Crippen molar-refractivity contribution < 1.29 is 8.78 Å². The molecule has 2 heteroatoms. The van der Waals surface area contributed by atoms with E-state index in [1.54, 1.807) is 0 Å². The monoisotopic (exact) mass is 224 g/mol. The Morgan fingerprint density at radius 3 is 1.20 bits per heavy atom. The maximum absolute atomic E-state index is 12.4. The summed E-state index contributed by atoms with van der Waals surface area (Å²) in [7, 11) is 0. The van der Waals surface area contributed by atoms with E-state index in [1.165, 1.54) is 0 Å². The summed E-state index contributed by atoms with van der Waals surface area (Å²) < 4.78 is 24.8. The summed E-state index contributed by atoms with van der Waals surface area (Å²) in [6, 6.07) is 0. The predicted octanol–water partition coefficient (Wildman–Crippen LogP) is 5.56. The number of rotatable bonds is 1. The van der Waals surface area contributed by atoms with Gasteiger partial charge in [-0.05, 0) is 18.8 Å². The average molecular weight is 224 g/mol. The fourth-order valence-corrected chi connectivity index (χ4v) is 1.36. The maximum Gasteiger partial charge on any atom is 0.131 e. The van der Waals surface area contributed by atoms with Crippen LogP contribution in [0.25, 0.3) is 0 Å². The Labute approximate surface area is 95.5 Å². The van der Waals surface area contributed by atoms with Gasteiger partial charge in [-0.1, -0.05) is 54.9 Å². The molecule has 0 heterocycles. The zero-order chi connectivity index (χ0) is 12.9. The van der Waals surface area contributed by atoms with Crippen LogP contribution >= 0.6 is 0 Å². The van der Waals surface area contributed by atoms with Crippen molar-refractivity contribution in [2.75, 3.05) is 0 Å². The Hall–Kier alpha value is -0.140. The van der Waals surface area contributed by atoms with E-state index >= 15 is 0 Å². The molecular weight excluding hydrogens is 194 g/mol. The van der Waals surface area contributed by atoms with Gasteiger partial charge in [-0.25, -0.2) is 8.78 Å². The van der Waals surface area contributed by atoms with E-state index in [4.69, 9.17) is 0 Å². The van der Waals surface area contributed by atoms with E-state index in [0.29, 0.717) is 18.8 Å². The molecule has 1 saturated carbocycles. The fraction of sp³-hybridized carbons (Fsp3) is 1.00. The normalized spacial score (nSPS) is 27.4. The molecule has 96 valence electrons. The van der Waals surface area contributed by atoms with Crippen LogP contribution in [-0.4, -0.2) is 12.3 Å². The summed E-state index contributed by atoms with van der Waals surface area (Å²) in [5, 5.41) is 0. The van der Waals surface area contributed by atoms with Crippen molar-refractivity contribution in [2.45, 2.75) is 80.1 Å². The third-order valence-electron chi connectivity index (χ3n) is 2.09. The van der Waals surface area contributed by atoms with Crippen molar-refractivity contribution in [2.24, 2.45) is 5.92 Å². The Balaban J connectivity index is -0.000000208. The van der Waals surface area contributed by atoms with Gasteiger partial charge in [-0.3, -0.25) is 0 Å². The first-order valence-corrected chi connectivity index (χ1v) is 6.52. The zero-order valence-electron chi connectivity index (χ0n) is 11.6. The van der Waals surface area contributed by atoms with Gasteiger partial charge in [0.15, 0.2) is 0 Å². The van der Waals surface area contributed by atoms with Gasteiger partial charge in [0.2, 0.25) is 0 Å². The summed E-state index contributed by atoms with van der Waals surface area (Å²) in [5.74, 6) is 0.301. The fourth-order valence-electron chi connectivity index (χ4n) is 1.36. The molecule has 1 aliphatic carbocycles. The van der Waals surface area contributed by atoms with Crippen LogP contribution in [0, 0.1) is 5.92 Å². The second kappa shape index (κ2) is 16.3. The minimum absolute atomic E-state index is 0.301. The highest BCUT2D eigenvalue weighted by Gasteiger charge is 2.32. The van der Waals surface area contributed by atoms with Crippen LogP contribution in [0.4, 0.5) is 8.78 Å². The number of alkyl halides is 2. The number of halogens is 2. The first kappa shape index (κ1) is 20.3. The molecule has 1 aliphatic rings. The highest BCUT2D eigenvalue weighted by molar-refractivity contribution is 4.82. The lowest BCUT2D eigenvalue weighted by molar-refractivity contribution is 0.199. The lowest BCUT2D eigenvalue weighted by Gasteiger charge is -2.00. The molecule has 0 aromatic rings.